The van der Waals surface area contributed by atoms with Gasteiger partial charge in [-0.05, 0) is 30.4 Å². The molecule has 2 heterocycles. The lowest BCUT2D eigenvalue weighted by Crippen LogP contribution is -2.52. The van der Waals surface area contributed by atoms with Crippen LogP contribution in [0.1, 0.15) is 25.8 Å². The average Bonchev–Trinajstić information content (AvgIpc) is 2.61. The zero-order valence-corrected chi connectivity index (χ0v) is 15.3. The van der Waals surface area contributed by atoms with Crippen LogP contribution in [-0.4, -0.2) is 61.5 Å². The van der Waals surface area contributed by atoms with Crippen molar-refractivity contribution in [2.75, 3.05) is 50.7 Å². The van der Waals surface area contributed by atoms with E-state index < -0.39 is 0 Å². The standard InChI is InChI=1S/C20H28N4O/c1-16-11-17(2)14-24(13-16)20(25)15-22-7-9-23(10-8-22)19-6-4-3-5-18(19)12-21/h3-6,16-17H,7-11,13-15H2,1-2H3. The van der Waals surface area contributed by atoms with Gasteiger partial charge in [0, 0.05) is 39.3 Å². The van der Waals surface area contributed by atoms with E-state index in [1.165, 1.54) is 6.42 Å². The van der Waals surface area contributed by atoms with E-state index in [-0.39, 0.29) is 5.91 Å². The summed E-state index contributed by atoms with van der Waals surface area (Å²) in [6.45, 7) is 10.2. The van der Waals surface area contributed by atoms with E-state index in [1.807, 2.05) is 24.3 Å². The fraction of sp³-hybridized carbons (Fsp3) is 0.600. The Balaban J connectivity index is 1.53. The second-order valence-electron chi connectivity index (χ2n) is 7.64. The first kappa shape index (κ1) is 17.8. The van der Waals surface area contributed by atoms with Gasteiger partial charge in [0.2, 0.25) is 5.91 Å². The summed E-state index contributed by atoms with van der Waals surface area (Å²) < 4.78 is 0. The molecule has 5 nitrogen and oxygen atoms in total. The number of amides is 1. The van der Waals surface area contributed by atoms with Gasteiger partial charge in [0.25, 0.3) is 0 Å². The fourth-order valence-corrected chi connectivity index (χ4v) is 4.15. The third-order valence-electron chi connectivity index (χ3n) is 5.32. The van der Waals surface area contributed by atoms with Crippen molar-refractivity contribution in [1.82, 2.24) is 9.80 Å². The molecule has 1 aromatic rings. The minimum Gasteiger partial charge on any atom is -0.368 e. The number of piperazine rings is 1. The van der Waals surface area contributed by atoms with Crippen LogP contribution in [0.4, 0.5) is 5.69 Å². The van der Waals surface area contributed by atoms with Crippen LogP contribution >= 0.6 is 0 Å². The van der Waals surface area contributed by atoms with E-state index in [0.717, 1.165) is 50.5 Å². The van der Waals surface area contributed by atoms with Crippen LogP contribution < -0.4 is 4.90 Å². The van der Waals surface area contributed by atoms with E-state index in [9.17, 15) is 10.1 Å². The van der Waals surface area contributed by atoms with Crippen LogP contribution in [0, 0.1) is 23.2 Å². The predicted octanol–water partition coefficient (Wildman–Crippen LogP) is 2.18. The van der Waals surface area contributed by atoms with E-state index in [2.05, 4.69) is 34.6 Å². The fourth-order valence-electron chi connectivity index (χ4n) is 4.15. The molecule has 25 heavy (non-hydrogen) atoms. The number of hydrogen-bond acceptors (Lipinski definition) is 4. The van der Waals surface area contributed by atoms with Gasteiger partial charge in [-0.1, -0.05) is 26.0 Å². The number of benzene rings is 1. The van der Waals surface area contributed by atoms with Crippen LogP contribution in [0.15, 0.2) is 24.3 Å². The van der Waals surface area contributed by atoms with E-state index >= 15 is 0 Å². The number of rotatable bonds is 3. The van der Waals surface area contributed by atoms with Gasteiger partial charge in [-0.2, -0.15) is 5.26 Å². The van der Waals surface area contributed by atoms with Gasteiger partial charge < -0.3 is 9.80 Å². The molecule has 0 bridgehead atoms. The summed E-state index contributed by atoms with van der Waals surface area (Å²) in [5.41, 5.74) is 1.73. The molecule has 0 radical (unpaired) electrons. The molecule has 2 aliphatic heterocycles. The SMILES string of the molecule is CC1CC(C)CN(C(=O)CN2CCN(c3ccccc3C#N)CC2)C1. The van der Waals surface area contributed by atoms with Crippen LogP contribution in [0.25, 0.3) is 0 Å². The molecule has 0 saturated carbocycles. The number of carbonyl (C=O) groups excluding carboxylic acids is 1. The first-order valence-electron chi connectivity index (χ1n) is 9.31. The molecular weight excluding hydrogens is 312 g/mol. The number of anilines is 1. The summed E-state index contributed by atoms with van der Waals surface area (Å²) >= 11 is 0. The number of nitriles is 1. The molecule has 2 aliphatic rings. The van der Waals surface area contributed by atoms with Gasteiger partial charge in [0.1, 0.15) is 6.07 Å². The zero-order valence-electron chi connectivity index (χ0n) is 15.3. The first-order chi connectivity index (χ1) is 12.1. The summed E-state index contributed by atoms with van der Waals surface area (Å²) in [6, 6.07) is 10.0. The number of para-hydroxylation sites is 1. The van der Waals surface area contributed by atoms with Crippen LogP contribution in [0.3, 0.4) is 0 Å². The monoisotopic (exact) mass is 340 g/mol. The predicted molar refractivity (Wildman–Crippen MR) is 99.3 cm³/mol. The third-order valence-corrected chi connectivity index (χ3v) is 5.32. The van der Waals surface area contributed by atoms with E-state index in [0.29, 0.717) is 18.4 Å². The highest BCUT2D eigenvalue weighted by molar-refractivity contribution is 5.78. The summed E-state index contributed by atoms with van der Waals surface area (Å²) in [4.78, 5) is 19.2. The first-order valence-corrected chi connectivity index (χ1v) is 9.31. The summed E-state index contributed by atoms with van der Waals surface area (Å²) in [7, 11) is 0. The van der Waals surface area contributed by atoms with E-state index in [1.54, 1.807) is 0 Å². The van der Waals surface area contributed by atoms with Gasteiger partial charge in [-0.25, -0.2) is 0 Å². The maximum atomic E-state index is 12.6. The molecule has 0 aromatic heterocycles. The smallest absolute Gasteiger partial charge is 0.236 e. The van der Waals surface area contributed by atoms with Crippen molar-refractivity contribution in [2.24, 2.45) is 11.8 Å². The molecule has 2 atom stereocenters. The molecule has 0 aliphatic carbocycles. The maximum absolute atomic E-state index is 12.6. The largest absolute Gasteiger partial charge is 0.368 e. The third kappa shape index (κ3) is 4.32. The number of likely N-dealkylation sites (tertiary alicyclic amines) is 1. The van der Waals surface area contributed by atoms with Crippen molar-refractivity contribution >= 4 is 11.6 Å². The summed E-state index contributed by atoms with van der Waals surface area (Å²) in [6.07, 6.45) is 1.22. The molecule has 0 spiro atoms. The highest BCUT2D eigenvalue weighted by atomic mass is 16.2. The highest BCUT2D eigenvalue weighted by Crippen LogP contribution is 2.22. The van der Waals surface area contributed by atoms with E-state index in [4.69, 9.17) is 0 Å². The molecule has 2 unspecified atom stereocenters. The quantitative estimate of drug-likeness (QED) is 0.846. The lowest BCUT2D eigenvalue weighted by Gasteiger charge is -2.39. The average molecular weight is 340 g/mol. The second-order valence-corrected chi connectivity index (χ2v) is 7.64. The van der Waals surface area contributed by atoms with Crippen molar-refractivity contribution in [1.29, 1.82) is 5.26 Å². The van der Waals surface area contributed by atoms with Gasteiger partial charge in [-0.3, -0.25) is 9.69 Å². The van der Waals surface area contributed by atoms with Crippen molar-refractivity contribution < 1.29 is 4.79 Å². The van der Waals surface area contributed by atoms with Gasteiger partial charge in [0.15, 0.2) is 0 Å². The Morgan fingerprint density at radius 1 is 1.12 bits per heavy atom. The second kappa shape index (κ2) is 7.88. The molecule has 1 amide bonds. The van der Waals surface area contributed by atoms with Crippen molar-refractivity contribution in [2.45, 2.75) is 20.3 Å². The minimum atomic E-state index is 0.268. The lowest BCUT2D eigenvalue weighted by molar-refractivity contribution is -0.135. The maximum Gasteiger partial charge on any atom is 0.236 e. The molecule has 1 aromatic carbocycles. The van der Waals surface area contributed by atoms with Gasteiger partial charge in [0.05, 0.1) is 17.8 Å². The van der Waals surface area contributed by atoms with Crippen molar-refractivity contribution in [3.8, 4) is 6.07 Å². The summed E-state index contributed by atoms with van der Waals surface area (Å²) in [5.74, 6) is 1.48. The zero-order chi connectivity index (χ0) is 17.8. The Morgan fingerprint density at radius 3 is 2.40 bits per heavy atom. The Labute approximate surface area is 150 Å². The minimum absolute atomic E-state index is 0.268. The Kier molecular flexibility index (Phi) is 5.60. The Morgan fingerprint density at radius 2 is 1.76 bits per heavy atom. The molecule has 2 fully saturated rings. The van der Waals surface area contributed by atoms with Crippen LogP contribution in [-0.2, 0) is 4.79 Å². The Bertz CT molecular complexity index is 635. The van der Waals surface area contributed by atoms with Crippen molar-refractivity contribution in [3.05, 3.63) is 29.8 Å². The van der Waals surface area contributed by atoms with Crippen molar-refractivity contribution in [3.63, 3.8) is 0 Å². The lowest BCUT2D eigenvalue weighted by atomic mass is 9.92. The van der Waals surface area contributed by atoms with Gasteiger partial charge in [-0.15, -0.1) is 0 Å². The number of piperidine rings is 1. The van der Waals surface area contributed by atoms with Crippen LogP contribution in [0.2, 0.25) is 0 Å². The highest BCUT2D eigenvalue weighted by Gasteiger charge is 2.27. The number of carbonyl (C=O) groups is 1. The number of hydrogen-bond donors (Lipinski definition) is 0. The normalized spacial score (nSPS) is 24.8. The topological polar surface area (TPSA) is 50.6 Å². The molecule has 2 saturated heterocycles. The molecule has 5 heteroatoms. The molecule has 3 rings (SSSR count). The van der Waals surface area contributed by atoms with Gasteiger partial charge >= 0.3 is 0 Å². The Hall–Kier alpha value is -2.06. The molecular formula is C20H28N4O. The number of nitrogens with zero attached hydrogens (tertiary/aromatic N) is 4. The summed E-state index contributed by atoms with van der Waals surface area (Å²) in [5, 5.41) is 9.27. The molecule has 0 N–H and O–H groups in total. The molecule has 134 valence electrons. The van der Waals surface area contributed by atoms with Crippen LogP contribution in [0.5, 0.6) is 0 Å².